The predicted molar refractivity (Wildman–Crippen MR) is 140 cm³/mol. The monoisotopic (exact) mass is 495 g/mol. The molecule has 7 nitrogen and oxygen atoms in total. The lowest BCUT2D eigenvalue weighted by atomic mass is 9.84. The largest absolute Gasteiger partial charge is 0.458 e. The van der Waals surface area contributed by atoms with Gasteiger partial charge in [0.2, 0.25) is 0 Å². The number of benzene rings is 2. The lowest BCUT2D eigenvalue weighted by molar-refractivity contribution is -0.150. The van der Waals surface area contributed by atoms with Gasteiger partial charge in [-0.05, 0) is 72.7 Å². The van der Waals surface area contributed by atoms with Crippen LogP contribution in [0.5, 0.6) is 0 Å². The van der Waals surface area contributed by atoms with E-state index < -0.39 is 12.0 Å². The van der Waals surface area contributed by atoms with E-state index in [-0.39, 0.29) is 24.1 Å². The minimum Gasteiger partial charge on any atom is -0.458 e. The number of rotatable bonds is 4. The number of esters is 1. The Morgan fingerprint density at radius 2 is 1.81 bits per heavy atom. The minimum atomic E-state index is -0.643. The molecule has 0 unspecified atom stereocenters. The zero-order valence-corrected chi connectivity index (χ0v) is 20.8. The number of nitrogens with zero attached hydrogens (tertiary/aromatic N) is 3. The number of hydrogen-bond acceptors (Lipinski definition) is 5. The molecule has 1 aliphatic carbocycles. The van der Waals surface area contributed by atoms with E-state index in [2.05, 4.69) is 4.98 Å². The van der Waals surface area contributed by atoms with Crippen LogP contribution in [0.4, 0.5) is 0 Å². The molecule has 0 N–H and O–H groups in total. The fraction of sp³-hybridized carbons (Fsp3) is 0.333. The summed E-state index contributed by atoms with van der Waals surface area (Å²) >= 11 is 0. The molecule has 2 aromatic heterocycles. The Bertz CT molecular complexity index is 1580. The van der Waals surface area contributed by atoms with E-state index in [1.165, 1.54) is 10.5 Å². The Morgan fingerprint density at radius 1 is 1.00 bits per heavy atom. The van der Waals surface area contributed by atoms with Gasteiger partial charge in [-0.3, -0.25) is 14.0 Å². The zero-order valence-electron chi connectivity index (χ0n) is 20.8. The Kier molecular flexibility index (Phi) is 5.99. The van der Waals surface area contributed by atoms with Crippen molar-refractivity contribution in [3.63, 3.8) is 0 Å². The SMILES string of the molecule is Cc1ccn2c(=O)cc(COC(=O)[C@@H]3C[C@@H]4CCCC[C@@H]4N3C(=O)c3ccc4ccccc4c3)nc2c1. The molecule has 7 heteroatoms. The quantitative estimate of drug-likeness (QED) is 0.384. The molecule has 6 rings (SSSR count). The van der Waals surface area contributed by atoms with E-state index in [1.54, 1.807) is 11.1 Å². The smallest absolute Gasteiger partial charge is 0.329 e. The third-order valence-electron chi connectivity index (χ3n) is 7.83. The first kappa shape index (κ1) is 23.4. The van der Waals surface area contributed by atoms with Crippen molar-refractivity contribution in [3.05, 3.63) is 94.0 Å². The topological polar surface area (TPSA) is 81.0 Å². The highest BCUT2D eigenvalue weighted by atomic mass is 16.5. The molecule has 188 valence electrons. The Hall–Kier alpha value is -4.00. The van der Waals surface area contributed by atoms with Gasteiger partial charge in [-0.25, -0.2) is 9.78 Å². The van der Waals surface area contributed by atoms with Crippen molar-refractivity contribution in [2.45, 2.75) is 57.7 Å². The predicted octanol–water partition coefficient (Wildman–Crippen LogP) is 4.67. The number of fused-ring (bicyclic) bond motifs is 3. The molecule has 1 saturated carbocycles. The number of likely N-dealkylation sites (tertiary alicyclic amines) is 1. The van der Waals surface area contributed by atoms with Gasteiger partial charge in [0.1, 0.15) is 18.3 Å². The third kappa shape index (κ3) is 4.39. The Balaban J connectivity index is 1.26. The second-order valence-electron chi connectivity index (χ2n) is 10.3. The van der Waals surface area contributed by atoms with Crippen LogP contribution < -0.4 is 5.56 Å². The van der Waals surface area contributed by atoms with Crippen LogP contribution in [0.1, 0.15) is 53.7 Å². The highest BCUT2D eigenvalue weighted by Gasteiger charge is 2.48. The van der Waals surface area contributed by atoms with E-state index >= 15 is 0 Å². The van der Waals surface area contributed by atoms with Crippen molar-refractivity contribution < 1.29 is 14.3 Å². The van der Waals surface area contributed by atoms with Crippen molar-refractivity contribution in [2.75, 3.05) is 0 Å². The third-order valence-corrected chi connectivity index (χ3v) is 7.83. The number of aryl methyl sites for hydroxylation is 1. The van der Waals surface area contributed by atoms with Crippen molar-refractivity contribution >= 4 is 28.3 Å². The summed E-state index contributed by atoms with van der Waals surface area (Å²) in [4.78, 5) is 46.0. The lowest BCUT2D eigenvalue weighted by Crippen LogP contribution is -2.46. The van der Waals surface area contributed by atoms with Crippen LogP contribution in [0.2, 0.25) is 0 Å². The fourth-order valence-electron chi connectivity index (χ4n) is 6.00. The molecule has 37 heavy (non-hydrogen) atoms. The first-order valence-corrected chi connectivity index (χ1v) is 12.9. The number of pyridine rings is 1. The molecule has 3 atom stereocenters. The number of hydrogen-bond donors (Lipinski definition) is 0. The van der Waals surface area contributed by atoms with E-state index in [9.17, 15) is 14.4 Å². The van der Waals surface area contributed by atoms with E-state index in [4.69, 9.17) is 4.74 Å². The summed E-state index contributed by atoms with van der Waals surface area (Å²) in [5.41, 5.74) is 2.25. The van der Waals surface area contributed by atoms with Crippen molar-refractivity contribution in [1.29, 1.82) is 0 Å². The van der Waals surface area contributed by atoms with Crippen molar-refractivity contribution in [2.24, 2.45) is 5.92 Å². The molecule has 1 amide bonds. The van der Waals surface area contributed by atoms with Crippen LogP contribution in [0.15, 0.2) is 71.7 Å². The summed E-state index contributed by atoms with van der Waals surface area (Å²) in [7, 11) is 0. The van der Waals surface area contributed by atoms with Gasteiger partial charge in [0.25, 0.3) is 11.5 Å². The summed E-state index contributed by atoms with van der Waals surface area (Å²) in [5, 5.41) is 2.07. The fourth-order valence-corrected chi connectivity index (χ4v) is 6.00. The van der Waals surface area contributed by atoms with Crippen molar-refractivity contribution in [1.82, 2.24) is 14.3 Å². The molecule has 2 aromatic carbocycles. The number of carbonyl (C=O) groups excluding carboxylic acids is 2. The van der Waals surface area contributed by atoms with Gasteiger partial charge < -0.3 is 9.64 Å². The average Bonchev–Trinajstić information content (AvgIpc) is 3.30. The maximum absolute atomic E-state index is 13.8. The maximum Gasteiger partial charge on any atom is 0.329 e. The first-order chi connectivity index (χ1) is 18.0. The van der Waals surface area contributed by atoms with Gasteiger partial charge in [-0.1, -0.05) is 43.2 Å². The Labute approximate surface area is 214 Å². The average molecular weight is 496 g/mol. The molecule has 4 aromatic rings. The first-order valence-electron chi connectivity index (χ1n) is 12.9. The summed E-state index contributed by atoms with van der Waals surface area (Å²) in [6.07, 6.45) is 6.37. The molecule has 0 spiro atoms. The van der Waals surface area contributed by atoms with Gasteiger partial charge in [0, 0.05) is 23.9 Å². The summed E-state index contributed by atoms with van der Waals surface area (Å²) < 4.78 is 7.16. The van der Waals surface area contributed by atoms with E-state index in [0.29, 0.717) is 29.2 Å². The summed E-state index contributed by atoms with van der Waals surface area (Å²) in [5.74, 6) is -0.267. The second kappa shape index (κ2) is 9.47. The molecular formula is C30H29N3O4. The van der Waals surface area contributed by atoms with Crippen molar-refractivity contribution in [3.8, 4) is 0 Å². The summed E-state index contributed by atoms with van der Waals surface area (Å²) in [6.45, 7) is 1.82. The second-order valence-corrected chi connectivity index (χ2v) is 10.3. The summed E-state index contributed by atoms with van der Waals surface area (Å²) in [6, 6.07) is 18.1. The minimum absolute atomic E-state index is 0.0386. The van der Waals surface area contributed by atoms with Gasteiger partial charge in [-0.15, -0.1) is 0 Å². The number of amides is 1. The van der Waals surface area contributed by atoms with E-state index in [0.717, 1.165) is 42.0 Å². The number of aromatic nitrogens is 2. The molecule has 2 fully saturated rings. The molecule has 1 saturated heterocycles. The van der Waals surface area contributed by atoms with Crippen LogP contribution in [0.25, 0.3) is 16.4 Å². The normalized spacial score (nSPS) is 21.2. The van der Waals surface area contributed by atoms with Crippen LogP contribution in [-0.4, -0.2) is 38.2 Å². The molecular weight excluding hydrogens is 466 g/mol. The van der Waals surface area contributed by atoms with Crippen LogP contribution in [0, 0.1) is 12.8 Å². The van der Waals surface area contributed by atoms with Crippen LogP contribution in [0.3, 0.4) is 0 Å². The van der Waals surface area contributed by atoms with Crippen LogP contribution >= 0.6 is 0 Å². The lowest BCUT2D eigenvalue weighted by Gasteiger charge is -2.33. The highest BCUT2D eigenvalue weighted by Crippen LogP contribution is 2.41. The highest BCUT2D eigenvalue weighted by molar-refractivity contribution is 6.00. The van der Waals surface area contributed by atoms with Gasteiger partial charge in [0.15, 0.2) is 0 Å². The molecule has 3 heterocycles. The van der Waals surface area contributed by atoms with Gasteiger partial charge >= 0.3 is 5.97 Å². The Morgan fingerprint density at radius 3 is 2.68 bits per heavy atom. The molecule has 2 aliphatic rings. The molecule has 1 aliphatic heterocycles. The molecule has 0 radical (unpaired) electrons. The van der Waals surface area contributed by atoms with E-state index in [1.807, 2.05) is 61.5 Å². The number of carbonyl (C=O) groups is 2. The van der Waals surface area contributed by atoms with Gasteiger partial charge in [-0.2, -0.15) is 0 Å². The maximum atomic E-state index is 13.8. The zero-order chi connectivity index (χ0) is 25.5. The standard InChI is InChI=1S/C30H29N3O4/c1-19-12-13-32-27(14-19)31-24(17-28(32)34)18-37-30(36)26-16-22-8-4-5-9-25(22)33(26)29(35)23-11-10-20-6-2-3-7-21(20)15-23/h2-3,6-7,10-15,17,22,25-26H,4-5,8-9,16,18H2,1H3/t22-,25-,26-/m0/s1. The van der Waals surface area contributed by atoms with Gasteiger partial charge in [0.05, 0.1) is 5.69 Å². The number of ether oxygens (including phenoxy) is 1. The van der Waals surface area contributed by atoms with Crippen LogP contribution in [-0.2, 0) is 16.1 Å². The molecule has 0 bridgehead atoms.